The molecule has 0 aromatic heterocycles. The summed E-state index contributed by atoms with van der Waals surface area (Å²) in [6.45, 7) is 13.0. The summed E-state index contributed by atoms with van der Waals surface area (Å²) in [6.07, 6.45) is 13.1. The average Bonchev–Trinajstić information content (AvgIpc) is 2.75. The zero-order chi connectivity index (χ0) is 16.5. The van der Waals surface area contributed by atoms with E-state index >= 15 is 0 Å². The lowest BCUT2D eigenvalue weighted by Gasteiger charge is -2.63. The van der Waals surface area contributed by atoms with Gasteiger partial charge in [-0.15, -0.1) is 0 Å². The van der Waals surface area contributed by atoms with Crippen molar-refractivity contribution in [3.63, 3.8) is 0 Å². The molecule has 1 nitrogen and oxygen atoms in total. The van der Waals surface area contributed by atoms with Gasteiger partial charge in [0, 0.05) is 5.41 Å². The quantitative estimate of drug-likeness (QED) is 0.471. The fourth-order valence-electron chi connectivity index (χ4n) is 7.88. The van der Waals surface area contributed by atoms with Crippen LogP contribution in [0, 0.1) is 34.0 Å². The van der Waals surface area contributed by atoms with Gasteiger partial charge in [-0.2, -0.15) is 0 Å². The van der Waals surface area contributed by atoms with Crippen molar-refractivity contribution in [3.05, 3.63) is 24.8 Å². The van der Waals surface area contributed by atoms with E-state index in [2.05, 4.69) is 27.0 Å². The van der Waals surface area contributed by atoms with E-state index in [1.54, 1.807) is 6.08 Å². The predicted octanol–water partition coefficient (Wildman–Crippen LogP) is 5.71. The molecule has 0 aromatic rings. The number of carbonyl (C=O) groups is 1. The standard InChI is InChI=1S/C22H32O/c1-5-19(23)21(4)11-6-10-20(3)17(21)9-12-22-13-15(2)16(14-22)7-8-18(20)22/h5,16-18H,1-2,6-14H2,3-4H3/t16?,17?,18?,20-,21-,22-/m1/s1. The van der Waals surface area contributed by atoms with Gasteiger partial charge >= 0.3 is 0 Å². The van der Waals surface area contributed by atoms with Crippen LogP contribution in [0.3, 0.4) is 0 Å². The van der Waals surface area contributed by atoms with E-state index < -0.39 is 0 Å². The van der Waals surface area contributed by atoms with Crippen LogP contribution in [-0.4, -0.2) is 5.78 Å². The Balaban J connectivity index is 1.74. The minimum absolute atomic E-state index is 0.164. The Labute approximate surface area is 141 Å². The van der Waals surface area contributed by atoms with Crippen LogP contribution in [0.25, 0.3) is 0 Å². The van der Waals surface area contributed by atoms with Crippen LogP contribution >= 0.6 is 0 Å². The van der Waals surface area contributed by atoms with Crippen LogP contribution in [0.2, 0.25) is 0 Å². The van der Waals surface area contributed by atoms with E-state index in [9.17, 15) is 4.79 Å². The third kappa shape index (κ3) is 1.88. The largest absolute Gasteiger partial charge is 0.294 e. The van der Waals surface area contributed by atoms with Crippen LogP contribution in [-0.2, 0) is 4.79 Å². The summed E-state index contributed by atoms with van der Waals surface area (Å²) in [6, 6.07) is 0. The van der Waals surface area contributed by atoms with Gasteiger partial charge in [0.15, 0.2) is 5.78 Å². The maximum atomic E-state index is 12.7. The Hall–Kier alpha value is -0.850. The fraction of sp³-hybridized carbons (Fsp3) is 0.773. The number of hydrogen-bond donors (Lipinski definition) is 0. The molecule has 3 unspecified atom stereocenters. The fourth-order valence-corrected chi connectivity index (χ4v) is 7.88. The molecule has 4 rings (SSSR count). The van der Waals surface area contributed by atoms with Gasteiger partial charge in [0.05, 0.1) is 0 Å². The van der Waals surface area contributed by atoms with Crippen LogP contribution in [0.1, 0.15) is 71.6 Å². The van der Waals surface area contributed by atoms with Gasteiger partial charge in [-0.05, 0) is 86.0 Å². The molecule has 4 fully saturated rings. The van der Waals surface area contributed by atoms with Crippen molar-refractivity contribution in [2.75, 3.05) is 0 Å². The normalized spacial score (nSPS) is 51.7. The minimum Gasteiger partial charge on any atom is -0.294 e. The molecule has 0 saturated heterocycles. The van der Waals surface area contributed by atoms with Gasteiger partial charge in [0.25, 0.3) is 0 Å². The molecular formula is C22H32O. The zero-order valence-corrected chi connectivity index (χ0v) is 15.0. The zero-order valence-electron chi connectivity index (χ0n) is 15.0. The lowest BCUT2D eigenvalue weighted by atomic mass is 9.40. The minimum atomic E-state index is -0.164. The number of fused-ring (bicyclic) bond motifs is 3. The Morgan fingerprint density at radius 2 is 1.91 bits per heavy atom. The molecule has 0 radical (unpaired) electrons. The highest BCUT2D eigenvalue weighted by Gasteiger charge is 2.64. The van der Waals surface area contributed by atoms with Crippen molar-refractivity contribution in [1.82, 2.24) is 0 Å². The Bertz CT molecular complexity index is 575. The summed E-state index contributed by atoms with van der Waals surface area (Å²) in [5.41, 5.74) is 2.25. The van der Waals surface area contributed by atoms with Crippen molar-refractivity contribution < 1.29 is 4.79 Å². The van der Waals surface area contributed by atoms with Crippen molar-refractivity contribution in [1.29, 1.82) is 0 Å². The first-order chi connectivity index (χ1) is 10.9. The molecule has 2 bridgehead atoms. The molecule has 0 heterocycles. The summed E-state index contributed by atoms with van der Waals surface area (Å²) in [5.74, 6) is 2.46. The second kappa shape index (κ2) is 4.83. The SMILES string of the molecule is C=CC(=O)[C@]1(C)CCC[C@@]2(C)C3CCC4C[C@@]3(CCC21)CC4=C. The van der Waals surface area contributed by atoms with E-state index in [0.29, 0.717) is 22.5 Å². The van der Waals surface area contributed by atoms with Gasteiger partial charge in [0.2, 0.25) is 0 Å². The number of carbonyl (C=O) groups excluding carboxylic acids is 1. The summed E-state index contributed by atoms with van der Waals surface area (Å²) in [4.78, 5) is 12.7. The molecule has 0 aliphatic heterocycles. The third-order valence-electron chi connectivity index (χ3n) is 8.80. The first-order valence-electron chi connectivity index (χ1n) is 9.70. The van der Waals surface area contributed by atoms with E-state index in [0.717, 1.165) is 18.3 Å². The van der Waals surface area contributed by atoms with Gasteiger partial charge in [-0.1, -0.05) is 39.0 Å². The molecule has 0 amide bonds. The number of ketones is 1. The van der Waals surface area contributed by atoms with Gasteiger partial charge in [0.1, 0.15) is 0 Å². The van der Waals surface area contributed by atoms with Crippen LogP contribution in [0.5, 0.6) is 0 Å². The molecule has 4 aliphatic carbocycles. The summed E-state index contributed by atoms with van der Waals surface area (Å²) >= 11 is 0. The second-order valence-electron chi connectivity index (χ2n) is 9.66. The highest BCUT2D eigenvalue weighted by atomic mass is 16.1. The van der Waals surface area contributed by atoms with Crippen LogP contribution < -0.4 is 0 Å². The molecular weight excluding hydrogens is 280 g/mol. The molecule has 1 spiro atoms. The monoisotopic (exact) mass is 312 g/mol. The number of allylic oxidation sites excluding steroid dienone is 2. The number of rotatable bonds is 2. The van der Waals surface area contributed by atoms with Crippen molar-refractivity contribution >= 4 is 5.78 Å². The molecule has 4 aliphatic rings. The highest BCUT2D eigenvalue weighted by molar-refractivity contribution is 5.94. The Kier molecular flexibility index (Phi) is 3.29. The maximum absolute atomic E-state index is 12.7. The molecule has 0 N–H and O–H groups in total. The van der Waals surface area contributed by atoms with Crippen molar-refractivity contribution in [3.8, 4) is 0 Å². The first kappa shape index (κ1) is 15.7. The molecule has 1 heteroatoms. The lowest BCUT2D eigenvalue weighted by molar-refractivity contribution is -0.162. The van der Waals surface area contributed by atoms with Crippen LogP contribution in [0.4, 0.5) is 0 Å². The molecule has 4 saturated carbocycles. The predicted molar refractivity (Wildman–Crippen MR) is 95.0 cm³/mol. The van der Waals surface area contributed by atoms with Crippen molar-refractivity contribution in [2.45, 2.75) is 71.6 Å². The first-order valence-corrected chi connectivity index (χ1v) is 9.70. The molecule has 6 atom stereocenters. The molecule has 23 heavy (non-hydrogen) atoms. The van der Waals surface area contributed by atoms with E-state index in [4.69, 9.17) is 0 Å². The topological polar surface area (TPSA) is 17.1 Å². The van der Waals surface area contributed by atoms with E-state index in [-0.39, 0.29) is 5.41 Å². The maximum Gasteiger partial charge on any atom is 0.161 e. The van der Waals surface area contributed by atoms with E-state index in [1.165, 1.54) is 56.9 Å². The van der Waals surface area contributed by atoms with E-state index in [1.807, 2.05) is 0 Å². The molecule has 0 aromatic carbocycles. The van der Waals surface area contributed by atoms with Gasteiger partial charge in [-0.25, -0.2) is 0 Å². The van der Waals surface area contributed by atoms with Gasteiger partial charge in [-0.3, -0.25) is 4.79 Å². The Morgan fingerprint density at radius 3 is 2.65 bits per heavy atom. The number of hydrogen-bond acceptors (Lipinski definition) is 1. The highest BCUT2D eigenvalue weighted by Crippen LogP contribution is 2.72. The lowest BCUT2D eigenvalue weighted by Crippen LogP contribution is -2.58. The Morgan fingerprint density at radius 1 is 1.13 bits per heavy atom. The summed E-state index contributed by atoms with van der Waals surface area (Å²) in [5, 5.41) is 0. The summed E-state index contributed by atoms with van der Waals surface area (Å²) < 4.78 is 0. The summed E-state index contributed by atoms with van der Waals surface area (Å²) in [7, 11) is 0. The second-order valence-corrected chi connectivity index (χ2v) is 9.66. The van der Waals surface area contributed by atoms with Crippen molar-refractivity contribution in [2.24, 2.45) is 34.0 Å². The van der Waals surface area contributed by atoms with Gasteiger partial charge < -0.3 is 0 Å². The molecule has 126 valence electrons. The smallest absolute Gasteiger partial charge is 0.161 e. The third-order valence-corrected chi connectivity index (χ3v) is 8.80. The average molecular weight is 312 g/mol. The van der Waals surface area contributed by atoms with Crippen LogP contribution in [0.15, 0.2) is 24.8 Å².